The van der Waals surface area contributed by atoms with Crippen molar-refractivity contribution >= 4 is 17.5 Å². The van der Waals surface area contributed by atoms with Crippen LogP contribution < -0.4 is 4.90 Å². The number of carbonyl (C=O) groups is 2. The fourth-order valence-electron chi connectivity index (χ4n) is 2.09. The molecule has 2 rings (SSSR count). The van der Waals surface area contributed by atoms with Gasteiger partial charge in [-0.25, -0.2) is 0 Å². The van der Waals surface area contributed by atoms with Crippen molar-refractivity contribution in [2.45, 2.75) is 19.8 Å². The highest BCUT2D eigenvalue weighted by atomic mass is 16.2. The first-order valence-electron chi connectivity index (χ1n) is 6.40. The zero-order valence-electron chi connectivity index (χ0n) is 10.6. The molecule has 4 heteroatoms. The van der Waals surface area contributed by atoms with Gasteiger partial charge in [-0.15, -0.1) is 0 Å². The van der Waals surface area contributed by atoms with Crippen LogP contribution >= 0.6 is 0 Å². The minimum atomic E-state index is -0.413. The fourth-order valence-corrected chi connectivity index (χ4v) is 2.09. The predicted octanol–water partition coefficient (Wildman–Crippen LogP) is 1.66. The van der Waals surface area contributed by atoms with Crippen LogP contribution in [0.15, 0.2) is 30.3 Å². The van der Waals surface area contributed by atoms with Gasteiger partial charge in [0.05, 0.1) is 0 Å². The molecule has 0 aliphatic carbocycles. The number of hydrogen-bond acceptors (Lipinski definition) is 2. The lowest BCUT2D eigenvalue weighted by molar-refractivity contribution is -0.146. The maximum atomic E-state index is 12.0. The summed E-state index contributed by atoms with van der Waals surface area (Å²) in [6.07, 6.45) is 1.98. The number of anilines is 1. The summed E-state index contributed by atoms with van der Waals surface area (Å²) in [4.78, 5) is 27.2. The van der Waals surface area contributed by atoms with Gasteiger partial charge in [-0.1, -0.05) is 31.5 Å². The van der Waals surface area contributed by atoms with E-state index < -0.39 is 5.91 Å². The Hall–Kier alpha value is -1.84. The Labute approximate surface area is 107 Å². The summed E-state index contributed by atoms with van der Waals surface area (Å²) in [5.41, 5.74) is 0.797. The first-order chi connectivity index (χ1) is 8.74. The second kappa shape index (κ2) is 5.67. The van der Waals surface area contributed by atoms with Gasteiger partial charge in [0.25, 0.3) is 0 Å². The number of piperazine rings is 1. The molecule has 0 radical (unpaired) electrons. The van der Waals surface area contributed by atoms with Gasteiger partial charge in [-0.3, -0.25) is 9.59 Å². The average molecular weight is 246 g/mol. The van der Waals surface area contributed by atoms with Gasteiger partial charge in [0.15, 0.2) is 0 Å². The Bertz CT molecular complexity index is 431. The second-order valence-corrected chi connectivity index (χ2v) is 4.44. The topological polar surface area (TPSA) is 40.6 Å². The number of hydrogen-bond donors (Lipinski definition) is 0. The van der Waals surface area contributed by atoms with Crippen LogP contribution in [0.5, 0.6) is 0 Å². The van der Waals surface area contributed by atoms with Crippen LogP contribution in [0.25, 0.3) is 0 Å². The zero-order chi connectivity index (χ0) is 13.0. The highest BCUT2D eigenvalue weighted by Gasteiger charge is 2.32. The van der Waals surface area contributed by atoms with E-state index in [1.165, 1.54) is 0 Å². The van der Waals surface area contributed by atoms with E-state index in [1.807, 2.05) is 30.3 Å². The molecule has 1 aliphatic rings. The summed E-state index contributed by atoms with van der Waals surface area (Å²) in [5, 5.41) is 0. The number of unbranched alkanes of at least 4 members (excludes halogenated alkanes) is 1. The summed E-state index contributed by atoms with van der Waals surface area (Å²) in [5.74, 6) is -0.790. The smallest absolute Gasteiger partial charge is 0.316 e. The van der Waals surface area contributed by atoms with Gasteiger partial charge >= 0.3 is 11.8 Å². The van der Waals surface area contributed by atoms with Crippen molar-refractivity contribution in [1.82, 2.24) is 4.90 Å². The molecular weight excluding hydrogens is 228 g/mol. The number of carbonyl (C=O) groups excluding carboxylic acids is 2. The third-order valence-electron chi connectivity index (χ3n) is 3.16. The summed E-state index contributed by atoms with van der Waals surface area (Å²) < 4.78 is 0. The zero-order valence-corrected chi connectivity index (χ0v) is 10.6. The minimum absolute atomic E-state index is 0.376. The van der Waals surface area contributed by atoms with Crippen molar-refractivity contribution in [3.63, 3.8) is 0 Å². The molecule has 0 aromatic heterocycles. The van der Waals surface area contributed by atoms with Crippen LogP contribution in [-0.4, -0.2) is 36.3 Å². The molecule has 2 amide bonds. The van der Waals surface area contributed by atoms with Gasteiger partial charge < -0.3 is 9.80 Å². The standard InChI is InChI=1S/C14H18N2O2/c1-2-3-9-15-10-11-16(14(18)13(15)17)12-7-5-4-6-8-12/h4-8H,2-3,9-11H2,1H3. The van der Waals surface area contributed by atoms with Crippen LogP contribution in [0, 0.1) is 0 Å². The molecule has 1 heterocycles. The van der Waals surface area contributed by atoms with E-state index >= 15 is 0 Å². The lowest BCUT2D eigenvalue weighted by atomic mass is 10.2. The normalized spacial score (nSPS) is 16.3. The van der Waals surface area contributed by atoms with E-state index in [1.54, 1.807) is 9.80 Å². The maximum Gasteiger partial charge on any atom is 0.316 e. The summed E-state index contributed by atoms with van der Waals surface area (Å²) in [6, 6.07) is 9.35. The molecule has 0 saturated carbocycles. The van der Waals surface area contributed by atoms with E-state index in [2.05, 4.69) is 6.92 Å². The van der Waals surface area contributed by atoms with Crippen LogP contribution in [-0.2, 0) is 9.59 Å². The van der Waals surface area contributed by atoms with Gasteiger partial charge in [0, 0.05) is 25.3 Å². The molecule has 1 aliphatic heterocycles. The number of nitrogens with zero attached hydrogens (tertiary/aromatic N) is 2. The van der Waals surface area contributed by atoms with Crippen LogP contribution in [0.1, 0.15) is 19.8 Å². The Balaban J connectivity index is 2.07. The quantitative estimate of drug-likeness (QED) is 0.758. The SMILES string of the molecule is CCCCN1CCN(c2ccccc2)C(=O)C1=O. The third-order valence-corrected chi connectivity index (χ3v) is 3.16. The fraction of sp³-hybridized carbons (Fsp3) is 0.429. The van der Waals surface area contributed by atoms with Crippen LogP contribution in [0.2, 0.25) is 0 Å². The molecule has 1 aromatic rings. The van der Waals surface area contributed by atoms with Crippen molar-refractivity contribution in [2.24, 2.45) is 0 Å². The molecule has 1 fully saturated rings. The third kappa shape index (κ3) is 2.53. The lowest BCUT2D eigenvalue weighted by Crippen LogP contribution is -2.54. The summed E-state index contributed by atoms with van der Waals surface area (Å²) in [7, 11) is 0. The van der Waals surface area contributed by atoms with E-state index in [4.69, 9.17) is 0 Å². The van der Waals surface area contributed by atoms with E-state index in [-0.39, 0.29) is 5.91 Å². The van der Waals surface area contributed by atoms with Gasteiger partial charge in [-0.2, -0.15) is 0 Å². The van der Waals surface area contributed by atoms with E-state index in [9.17, 15) is 9.59 Å². The number of rotatable bonds is 4. The van der Waals surface area contributed by atoms with Gasteiger partial charge in [-0.05, 0) is 18.6 Å². The van der Waals surface area contributed by atoms with Crippen molar-refractivity contribution < 1.29 is 9.59 Å². The van der Waals surface area contributed by atoms with E-state index in [0.29, 0.717) is 19.6 Å². The number of para-hydroxylation sites is 1. The first kappa shape index (κ1) is 12.6. The van der Waals surface area contributed by atoms with Crippen LogP contribution in [0.3, 0.4) is 0 Å². The van der Waals surface area contributed by atoms with Crippen LogP contribution in [0.4, 0.5) is 5.69 Å². The molecule has 0 unspecified atom stereocenters. The predicted molar refractivity (Wildman–Crippen MR) is 70.3 cm³/mol. The largest absolute Gasteiger partial charge is 0.333 e. The van der Waals surface area contributed by atoms with Crippen molar-refractivity contribution in [3.05, 3.63) is 30.3 Å². The molecular formula is C14H18N2O2. The van der Waals surface area contributed by atoms with Crippen molar-refractivity contribution in [3.8, 4) is 0 Å². The molecule has 1 saturated heterocycles. The molecule has 18 heavy (non-hydrogen) atoms. The van der Waals surface area contributed by atoms with Crippen molar-refractivity contribution in [2.75, 3.05) is 24.5 Å². The highest BCUT2D eigenvalue weighted by molar-refractivity contribution is 6.40. The Kier molecular flexibility index (Phi) is 3.97. The molecule has 0 N–H and O–H groups in total. The Morgan fingerprint density at radius 3 is 2.44 bits per heavy atom. The number of benzene rings is 1. The lowest BCUT2D eigenvalue weighted by Gasteiger charge is -2.33. The number of amides is 2. The Morgan fingerprint density at radius 1 is 1.06 bits per heavy atom. The molecule has 4 nitrogen and oxygen atoms in total. The molecule has 1 aromatic carbocycles. The maximum absolute atomic E-state index is 12.0. The van der Waals surface area contributed by atoms with Crippen molar-refractivity contribution in [1.29, 1.82) is 0 Å². The summed E-state index contributed by atoms with van der Waals surface area (Å²) >= 11 is 0. The molecule has 0 bridgehead atoms. The second-order valence-electron chi connectivity index (χ2n) is 4.44. The van der Waals surface area contributed by atoms with Gasteiger partial charge in [0.2, 0.25) is 0 Å². The average Bonchev–Trinajstić information content (AvgIpc) is 2.41. The Morgan fingerprint density at radius 2 is 1.78 bits per heavy atom. The molecule has 96 valence electrons. The summed E-state index contributed by atoms with van der Waals surface area (Å²) in [6.45, 7) is 3.97. The highest BCUT2D eigenvalue weighted by Crippen LogP contribution is 2.17. The monoisotopic (exact) mass is 246 g/mol. The molecule has 0 spiro atoms. The minimum Gasteiger partial charge on any atom is -0.333 e. The molecule has 0 atom stereocenters. The first-order valence-corrected chi connectivity index (χ1v) is 6.40. The van der Waals surface area contributed by atoms with E-state index in [0.717, 1.165) is 18.5 Å². The van der Waals surface area contributed by atoms with Gasteiger partial charge in [0.1, 0.15) is 0 Å².